The molecule has 1 unspecified atom stereocenters. The zero-order valence-electron chi connectivity index (χ0n) is 9.36. The summed E-state index contributed by atoms with van der Waals surface area (Å²) < 4.78 is 0.308. The topological polar surface area (TPSA) is 48.7 Å². The number of nitriles is 1. The minimum atomic E-state index is 0.308. The van der Waals surface area contributed by atoms with Crippen LogP contribution in [-0.2, 0) is 0 Å². The summed E-state index contributed by atoms with van der Waals surface area (Å²) >= 11 is 2.01. The molecule has 1 saturated heterocycles. The smallest absolute Gasteiger partial charge is 0.163 e. The molecule has 0 saturated carbocycles. The number of nitrogens with zero attached hydrogens (tertiary/aromatic N) is 2. The first kappa shape index (κ1) is 11.3. The molecule has 1 aromatic heterocycles. The predicted molar refractivity (Wildman–Crippen MR) is 67.5 cm³/mol. The van der Waals surface area contributed by atoms with Crippen molar-refractivity contribution >= 4 is 17.4 Å². The summed E-state index contributed by atoms with van der Waals surface area (Å²) in [6.45, 7) is 3.18. The minimum absolute atomic E-state index is 0.308. The lowest BCUT2D eigenvalue weighted by atomic mass is 10.1. The van der Waals surface area contributed by atoms with Gasteiger partial charge in [-0.2, -0.15) is 17.0 Å². The molecule has 0 aromatic carbocycles. The average Bonchev–Trinajstić information content (AvgIpc) is 2.74. The SMILES string of the molecule is CC1(CNc2cccnc2C#N)CCCS1. The van der Waals surface area contributed by atoms with Gasteiger partial charge in [0.15, 0.2) is 5.69 Å². The van der Waals surface area contributed by atoms with Crippen molar-refractivity contribution in [2.45, 2.75) is 24.5 Å². The third-order valence-electron chi connectivity index (χ3n) is 2.87. The van der Waals surface area contributed by atoms with Crippen molar-refractivity contribution in [1.29, 1.82) is 5.26 Å². The summed E-state index contributed by atoms with van der Waals surface area (Å²) in [4.78, 5) is 4.03. The van der Waals surface area contributed by atoms with Crippen LogP contribution in [0, 0.1) is 11.3 Å². The van der Waals surface area contributed by atoms with Gasteiger partial charge in [-0.05, 0) is 37.7 Å². The Hall–Kier alpha value is -1.21. The van der Waals surface area contributed by atoms with E-state index in [1.54, 1.807) is 6.20 Å². The second kappa shape index (κ2) is 4.75. The van der Waals surface area contributed by atoms with E-state index in [1.165, 1.54) is 18.6 Å². The Morgan fingerprint density at radius 2 is 2.56 bits per heavy atom. The Kier molecular flexibility index (Phi) is 3.35. The summed E-state index contributed by atoms with van der Waals surface area (Å²) in [6, 6.07) is 5.87. The molecule has 2 heterocycles. The molecule has 0 aliphatic carbocycles. The molecule has 3 nitrogen and oxygen atoms in total. The van der Waals surface area contributed by atoms with Gasteiger partial charge >= 0.3 is 0 Å². The first-order valence-electron chi connectivity index (χ1n) is 5.46. The Bertz CT molecular complexity index is 405. The van der Waals surface area contributed by atoms with E-state index in [1.807, 2.05) is 23.9 Å². The number of hydrogen-bond donors (Lipinski definition) is 1. The van der Waals surface area contributed by atoms with Gasteiger partial charge in [-0.15, -0.1) is 0 Å². The largest absolute Gasteiger partial charge is 0.381 e. The molecule has 2 rings (SSSR count). The van der Waals surface area contributed by atoms with Crippen molar-refractivity contribution in [3.63, 3.8) is 0 Å². The van der Waals surface area contributed by atoms with Crippen molar-refractivity contribution in [3.8, 4) is 6.07 Å². The van der Waals surface area contributed by atoms with Crippen molar-refractivity contribution in [1.82, 2.24) is 4.98 Å². The second-order valence-corrected chi connectivity index (χ2v) is 5.95. The Balaban J connectivity index is 2.02. The number of thioether (sulfide) groups is 1. The summed E-state index contributed by atoms with van der Waals surface area (Å²) in [5.74, 6) is 1.25. The van der Waals surface area contributed by atoms with Crippen LogP contribution in [0.25, 0.3) is 0 Å². The van der Waals surface area contributed by atoms with E-state index in [4.69, 9.17) is 5.26 Å². The quantitative estimate of drug-likeness (QED) is 0.872. The lowest BCUT2D eigenvalue weighted by Gasteiger charge is -2.23. The van der Waals surface area contributed by atoms with Crippen molar-refractivity contribution < 1.29 is 0 Å². The minimum Gasteiger partial charge on any atom is -0.381 e. The van der Waals surface area contributed by atoms with Gasteiger partial charge in [0.2, 0.25) is 0 Å². The maximum atomic E-state index is 8.92. The molecule has 1 atom stereocenters. The first-order valence-corrected chi connectivity index (χ1v) is 6.45. The van der Waals surface area contributed by atoms with E-state index in [2.05, 4.69) is 23.3 Å². The standard InChI is InChI=1S/C12H15N3S/c1-12(5-3-7-16-12)9-15-10-4-2-6-14-11(10)8-13/h2,4,6,15H,3,5,7,9H2,1H3. The van der Waals surface area contributed by atoms with Gasteiger partial charge in [0, 0.05) is 17.5 Å². The number of aromatic nitrogens is 1. The monoisotopic (exact) mass is 233 g/mol. The van der Waals surface area contributed by atoms with Crippen LogP contribution < -0.4 is 5.32 Å². The highest BCUT2D eigenvalue weighted by Crippen LogP contribution is 2.37. The van der Waals surface area contributed by atoms with E-state index in [-0.39, 0.29) is 0 Å². The Morgan fingerprint density at radius 1 is 1.69 bits per heavy atom. The van der Waals surface area contributed by atoms with Crippen LogP contribution >= 0.6 is 11.8 Å². The number of anilines is 1. The van der Waals surface area contributed by atoms with E-state index >= 15 is 0 Å². The van der Waals surface area contributed by atoms with Crippen molar-refractivity contribution in [3.05, 3.63) is 24.0 Å². The lowest BCUT2D eigenvalue weighted by Crippen LogP contribution is -2.27. The fraction of sp³-hybridized carbons (Fsp3) is 0.500. The summed E-state index contributed by atoms with van der Waals surface area (Å²) in [5, 5.41) is 12.3. The zero-order valence-corrected chi connectivity index (χ0v) is 10.2. The van der Waals surface area contributed by atoms with E-state index in [9.17, 15) is 0 Å². The molecule has 16 heavy (non-hydrogen) atoms. The summed E-state index contributed by atoms with van der Waals surface area (Å²) in [6.07, 6.45) is 4.18. The molecule has 0 bridgehead atoms. The third kappa shape index (κ3) is 2.48. The fourth-order valence-corrected chi connectivity index (χ4v) is 3.14. The van der Waals surface area contributed by atoms with Gasteiger partial charge < -0.3 is 5.32 Å². The predicted octanol–water partition coefficient (Wildman–Crippen LogP) is 2.65. The van der Waals surface area contributed by atoms with Crippen LogP contribution in [0.3, 0.4) is 0 Å². The first-order chi connectivity index (χ1) is 7.73. The number of rotatable bonds is 3. The molecule has 0 spiro atoms. The van der Waals surface area contributed by atoms with Gasteiger partial charge in [-0.1, -0.05) is 0 Å². The highest BCUT2D eigenvalue weighted by Gasteiger charge is 2.29. The Labute approximate surface area is 100 Å². The third-order valence-corrected chi connectivity index (χ3v) is 4.41. The summed E-state index contributed by atoms with van der Waals surface area (Å²) in [5.41, 5.74) is 1.33. The van der Waals surface area contributed by atoms with Crippen LogP contribution in [0.1, 0.15) is 25.5 Å². The van der Waals surface area contributed by atoms with Crippen molar-refractivity contribution in [2.24, 2.45) is 0 Å². The van der Waals surface area contributed by atoms with Gasteiger partial charge in [-0.25, -0.2) is 4.98 Å². The van der Waals surface area contributed by atoms with Gasteiger partial charge in [0.1, 0.15) is 6.07 Å². The maximum Gasteiger partial charge on any atom is 0.163 e. The van der Waals surface area contributed by atoms with Gasteiger partial charge in [-0.3, -0.25) is 0 Å². The van der Waals surface area contributed by atoms with E-state index in [0.29, 0.717) is 10.4 Å². The van der Waals surface area contributed by atoms with Gasteiger partial charge in [0.05, 0.1) is 5.69 Å². The molecule has 4 heteroatoms. The van der Waals surface area contributed by atoms with Crippen molar-refractivity contribution in [2.75, 3.05) is 17.6 Å². The van der Waals surface area contributed by atoms with E-state index < -0.39 is 0 Å². The Morgan fingerprint density at radius 3 is 3.25 bits per heavy atom. The molecule has 0 amide bonds. The van der Waals surface area contributed by atoms with Crippen LogP contribution in [0.15, 0.2) is 18.3 Å². The van der Waals surface area contributed by atoms with Gasteiger partial charge in [0.25, 0.3) is 0 Å². The molecule has 1 N–H and O–H groups in total. The zero-order chi connectivity index (χ0) is 11.4. The van der Waals surface area contributed by atoms with Crippen LogP contribution in [0.4, 0.5) is 5.69 Å². The number of hydrogen-bond acceptors (Lipinski definition) is 4. The molecule has 1 aliphatic rings. The fourth-order valence-electron chi connectivity index (χ4n) is 1.90. The molecule has 1 aromatic rings. The number of nitrogens with one attached hydrogen (secondary N) is 1. The molecule has 1 fully saturated rings. The normalized spacial score (nSPS) is 24.0. The number of pyridine rings is 1. The van der Waals surface area contributed by atoms with Crippen LogP contribution in [0.5, 0.6) is 0 Å². The molecule has 84 valence electrons. The lowest BCUT2D eigenvalue weighted by molar-refractivity contribution is 0.634. The molecule has 0 radical (unpaired) electrons. The van der Waals surface area contributed by atoms with E-state index in [0.717, 1.165) is 12.2 Å². The summed E-state index contributed by atoms with van der Waals surface area (Å²) in [7, 11) is 0. The molecular formula is C12H15N3S. The molecular weight excluding hydrogens is 218 g/mol. The second-order valence-electron chi connectivity index (χ2n) is 4.27. The van der Waals surface area contributed by atoms with Crippen LogP contribution in [-0.4, -0.2) is 22.0 Å². The maximum absolute atomic E-state index is 8.92. The molecule has 1 aliphatic heterocycles. The highest BCUT2D eigenvalue weighted by molar-refractivity contribution is 8.00. The average molecular weight is 233 g/mol. The highest BCUT2D eigenvalue weighted by atomic mass is 32.2. The van der Waals surface area contributed by atoms with Crippen LogP contribution in [0.2, 0.25) is 0 Å².